The highest BCUT2D eigenvalue weighted by atomic mass is 16.5. The highest BCUT2D eigenvalue weighted by molar-refractivity contribution is 5.69. The molecule has 0 heterocycles. The molecule has 1 N–H and O–H groups in total. The fraction of sp³-hybridized carbons (Fsp3) is 0.917. The third-order valence-corrected chi connectivity index (χ3v) is 2.30. The molecule has 0 spiro atoms. The van der Waals surface area contributed by atoms with Crippen LogP contribution in [0, 0.1) is 0 Å². The normalized spacial score (nSPS) is 10.3. The standard InChI is InChI=1S/C12H24O3/c1-2-3-6-9-12(14)15-11-8-5-4-7-10-13/h13H,2-11H2,1H3. The minimum Gasteiger partial charge on any atom is -0.466 e. The van der Waals surface area contributed by atoms with Crippen LogP contribution in [-0.4, -0.2) is 24.3 Å². The molecule has 0 aromatic rings. The number of carbonyl (C=O) groups excluding carboxylic acids is 1. The third kappa shape index (κ3) is 11.4. The van der Waals surface area contributed by atoms with Crippen molar-refractivity contribution in [3.63, 3.8) is 0 Å². The van der Waals surface area contributed by atoms with E-state index in [9.17, 15) is 4.79 Å². The van der Waals surface area contributed by atoms with Gasteiger partial charge in [0.25, 0.3) is 0 Å². The predicted octanol–water partition coefficient (Wildman–Crippen LogP) is 2.66. The maximum Gasteiger partial charge on any atom is 0.305 e. The Morgan fingerprint density at radius 1 is 1.07 bits per heavy atom. The Hall–Kier alpha value is -0.570. The van der Waals surface area contributed by atoms with Crippen molar-refractivity contribution < 1.29 is 14.6 Å². The van der Waals surface area contributed by atoms with Gasteiger partial charge in [-0.25, -0.2) is 0 Å². The average molecular weight is 216 g/mol. The number of carbonyl (C=O) groups is 1. The average Bonchev–Trinajstić information content (AvgIpc) is 2.23. The highest BCUT2D eigenvalue weighted by Crippen LogP contribution is 2.03. The molecule has 3 nitrogen and oxygen atoms in total. The summed E-state index contributed by atoms with van der Waals surface area (Å²) in [5, 5.41) is 8.55. The molecule has 0 aliphatic carbocycles. The van der Waals surface area contributed by atoms with Crippen LogP contribution in [0.4, 0.5) is 0 Å². The summed E-state index contributed by atoms with van der Waals surface area (Å²) in [7, 11) is 0. The van der Waals surface area contributed by atoms with E-state index in [1.54, 1.807) is 0 Å². The summed E-state index contributed by atoms with van der Waals surface area (Å²) < 4.78 is 5.07. The van der Waals surface area contributed by atoms with Crippen LogP contribution in [0.2, 0.25) is 0 Å². The molecule has 0 bridgehead atoms. The molecule has 90 valence electrons. The van der Waals surface area contributed by atoms with Crippen LogP contribution in [0.3, 0.4) is 0 Å². The van der Waals surface area contributed by atoms with E-state index in [1.165, 1.54) is 0 Å². The second-order valence-corrected chi connectivity index (χ2v) is 3.82. The molecule has 0 aromatic carbocycles. The molecule has 0 aromatic heterocycles. The second kappa shape index (κ2) is 11.5. The molecule has 3 heteroatoms. The maximum atomic E-state index is 11.1. The summed E-state index contributed by atoms with van der Waals surface area (Å²) in [6.07, 6.45) is 7.56. The Bertz CT molecular complexity index is 146. The van der Waals surface area contributed by atoms with Crippen LogP contribution < -0.4 is 0 Å². The first-order chi connectivity index (χ1) is 7.31. The Balaban J connectivity index is 3.10. The Morgan fingerprint density at radius 2 is 1.80 bits per heavy atom. The minimum absolute atomic E-state index is 0.0643. The van der Waals surface area contributed by atoms with E-state index in [2.05, 4.69) is 6.92 Å². The Morgan fingerprint density at radius 3 is 2.47 bits per heavy atom. The molecule has 0 fully saturated rings. The molecule has 0 amide bonds. The van der Waals surface area contributed by atoms with E-state index in [0.29, 0.717) is 13.0 Å². The van der Waals surface area contributed by atoms with Crippen LogP contribution in [-0.2, 0) is 9.53 Å². The lowest BCUT2D eigenvalue weighted by atomic mass is 10.2. The topological polar surface area (TPSA) is 46.5 Å². The Kier molecular flexibility index (Phi) is 11.1. The smallest absolute Gasteiger partial charge is 0.305 e. The van der Waals surface area contributed by atoms with Gasteiger partial charge in [0, 0.05) is 13.0 Å². The quantitative estimate of drug-likeness (QED) is 0.451. The van der Waals surface area contributed by atoms with E-state index in [-0.39, 0.29) is 12.6 Å². The van der Waals surface area contributed by atoms with Crippen molar-refractivity contribution in [2.75, 3.05) is 13.2 Å². The number of rotatable bonds is 10. The summed E-state index contributed by atoms with van der Waals surface area (Å²) in [5.41, 5.74) is 0. The van der Waals surface area contributed by atoms with Gasteiger partial charge in [-0.1, -0.05) is 26.2 Å². The van der Waals surface area contributed by atoms with Crippen molar-refractivity contribution in [1.29, 1.82) is 0 Å². The van der Waals surface area contributed by atoms with Crippen molar-refractivity contribution >= 4 is 5.97 Å². The van der Waals surface area contributed by atoms with E-state index >= 15 is 0 Å². The van der Waals surface area contributed by atoms with E-state index in [4.69, 9.17) is 9.84 Å². The lowest BCUT2D eigenvalue weighted by Crippen LogP contribution is -2.05. The fourth-order valence-electron chi connectivity index (χ4n) is 1.34. The van der Waals surface area contributed by atoms with Crippen LogP contribution in [0.1, 0.15) is 58.3 Å². The molecule has 0 saturated heterocycles. The summed E-state index contributed by atoms with van der Waals surface area (Å²) in [5.74, 6) is -0.0643. The highest BCUT2D eigenvalue weighted by Gasteiger charge is 2.01. The number of unbranched alkanes of at least 4 members (excludes halogenated alkanes) is 5. The monoisotopic (exact) mass is 216 g/mol. The van der Waals surface area contributed by atoms with Gasteiger partial charge in [-0.15, -0.1) is 0 Å². The van der Waals surface area contributed by atoms with E-state index in [0.717, 1.165) is 44.9 Å². The predicted molar refractivity (Wildman–Crippen MR) is 60.7 cm³/mol. The zero-order chi connectivity index (χ0) is 11.4. The van der Waals surface area contributed by atoms with Gasteiger partial charge in [0.1, 0.15) is 0 Å². The molecular formula is C12H24O3. The number of esters is 1. The zero-order valence-corrected chi connectivity index (χ0v) is 9.83. The third-order valence-electron chi connectivity index (χ3n) is 2.30. The van der Waals surface area contributed by atoms with Gasteiger partial charge in [-0.05, 0) is 25.7 Å². The minimum atomic E-state index is -0.0643. The lowest BCUT2D eigenvalue weighted by molar-refractivity contribution is -0.143. The van der Waals surface area contributed by atoms with E-state index in [1.807, 2.05) is 0 Å². The number of aliphatic hydroxyl groups excluding tert-OH is 1. The van der Waals surface area contributed by atoms with Crippen molar-refractivity contribution in [3.05, 3.63) is 0 Å². The van der Waals surface area contributed by atoms with Gasteiger partial charge >= 0.3 is 5.97 Å². The molecule has 0 atom stereocenters. The van der Waals surface area contributed by atoms with Crippen molar-refractivity contribution in [2.45, 2.75) is 58.3 Å². The maximum absolute atomic E-state index is 11.1. The number of ether oxygens (including phenoxy) is 1. The van der Waals surface area contributed by atoms with Gasteiger partial charge in [0.2, 0.25) is 0 Å². The summed E-state index contributed by atoms with van der Waals surface area (Å²) in [4.78, 5) is 11.1. The van der Waals surface area contributed by atoms with Gasteiger partial charge in [-0.3, -0.25) is 4.79 Å². The van der Waals surface area contributed by atoms with Crippen LogP contribution in [0.15, 0.2) is 0 Å². The summed E-state index contributed by atoms with van der Waals surface area (Å²) in [6.45, 7) is 2.92. The number of hydrogen-bond donors (Lipinski definition) is 1. The van der Waals surface area contributed by atoms with Crippen molar-refractivity contribution in [3.8, 4) is 0 Å². The largest absolute Gasteiger partial charge is 0.466 e. The van der Waals surface area contributed by atoms with Crippen LogP contribution in [0.5, 0.6) is 0 Å². The van der Waals surface area contributed by atoms with Gasteiger partial charge < -0.3 is 9.84 Å². The van der Waals surface area contributed by atoms with Crippen LogP contribution >= 0.6 is 0 Å². The molecule has 0 saturated carbocycles. The first-order valence-electron chi connectivity index (χ1n) is 6.07. The van der Waals surface area contributed by atoms with Gasteiger partial charge in [0.15, 0.2) is 0 Å². The lowest BCUT2D eigenvalue weighted by Gasteiger charge is -2.04. The fourth-order valence-corrected chi connectivity index (χ4v) is 1.34. The molecule has 0 aliphatic heterocycles. The summed E-state index contributed by atoms with van der Waals surface area (Å²) in [6, 6.07) is 0. The molecule has 0 radical (unpaired) electrons. The van der Waals surface area contributed by atoms with Crippen molar-refractivity contribution in [2.24, 2.45) is 0 Å². The first kappa shape index (κ1) is 14.4. The van der Waals surface area contributed by atoms with Crippen molar-refractivity contribution in [1.82, 2.24) is 0 Å². The first-order valence-corrected chi connectivity index (χ1v) is 6.07. The van der Waals surface area contributed by atoms with Gasteiger partial charge in [-0.2, -0.15) is 0 Å². The zero-order valence-electron chi connectivity index (χ0n) is 9.83. The summed E-state index contributed by atoms with van der Waals surface area (Å²) >= 11 is 0. The number of hydrogen-bond acceptors (Lipinski definition) is 3. The Labute approximate surface area is 92.8 Å². The molecule has 0 rings (SSSR count). The molecule has 0 aliphatic rings. The second-order valence-electron chi connectivity index (χ2n) is 3.82. The molecule has 15 heavy (non-hydrogen) atoms. The van der Waals surface area contributed by atoms with Crippen LogP contribution in [0.25, 0.3) is 0 Å². The SMILES string of the molecule is CCCCCC(=O)OCCCCCCO. The van der Waals surface area contributed by atoms with E-state index < -0.39 is 0 Å². The molecular weight excluding hydrogens is 192 g/mol. The number of aliphatic hydroxyl groups is 1. The van der Waals surface area contributed by atoms with Gasteiger partial charge in [0.05, 0.1) is 6.61 Å². The molecule has 0 unspecified atom stereocenters.